The molecule has 13 heavy (non-hydrogen) atoms. The molecule has 1 aromatic heterocycles. The zero-order chi connectivity index (χ0) is 10.1. The predicted octanol–water partition coefficient (Wildman–Crippen LogP) is 0.751. The number of aromatic nitrogens is 2. The number of sulfone groups is 1. The summed E-state index contributed by atoms with van der Waals surface area (Å²) in [6, 6.07) is 1.79. The van der Waals surface area contributed by atoms with Crippen molar-refractivity contribution in [3.05, 3.63) is 17.5 Å². The highest BCUT2D eigenvalue weighted by Crippen LogP contribution is 2.06. The lowest BCUT2D eigenvalue weighted by atomic mass is 10.3. The lowest BCUT2D eigenvalue weighted by Gasteiger charge is -2.01. The molecule has 0 aliphatic carbocycles. The van der Waals surface area contributed by atoms with Crippen LogP contribution in [-0.2, 0) is 16.3 Å². The second kappa shape index (κ2) is 3.41. The first-order valence-electron chi connectivity index (χ1n) is 3.98. The van der Waals surface area contributed by atoms with Gasteiger partial charge in [-0.05, 0) is 19.4 Å². The van der Waals surface area contributed by atoms with Crippen molar-refractivity contribution in [1.82, 2.24) is 9.97 Å². The summed E-state index contributed by atoms with van der Waals surface area (Å²) in [5, 5.41) is -0.0793. The summed E-state index contributed by atoms with van der Waals surface area (Å²) in [5.41, 5.74) is 1.44. The molecule has 5 heteroatoms. The maximum Gasteiger partial charge on any atom is 0.247 e. The van der Waals surface area contributed by atoms with Crippen LogP contribution in [0.1, 0.15) is 18.3 Å². The molecular weight excluding hydrogens is 188 g/mol. The Morgan fingerprint density at radius 1 is 1.38 bits per heavy atom. The van der Waals surface area contributed by atoms with Gasteiger partial charge in [-0.25, -0.2) is 18.4 Å². The number of hydrogen-bond acceptors (Lipinski definition) is 4. The van der Waals surface area contributed by atoms with Gasteiger partial charge in [0.2, 0.25) is 15.0 Å². The van der Waals surface area contributed by atoms with Crippen LogP contribution in [0.5, 0.6) is 0 Å². The van der Waals surface area contributed by atoms with Crippen LogP contribution in [-0.4, -0.2) is 24.6 Å². The molecule has 4 nitrogen and oxygen atoms in total. The Hall–Kier alpha value is -0.970. The summed E-state index contributed by atoms with van der Waals surface area (Å²) < 4.78 is 22.3. The van der Waals surface area contributed by atoms with E-state index in [1.807, 2.05) is 6.92 Å². The van der Waals surface area contributed by atoms with E-state index in [0.717, 1.165) is 11.9 Å². The fourth-order valence-electron chi connectivity index (χ4n) is 0.951. The molecular formula is C8H12N2O2S. The van der Waals surface area contributed by atoms with Gasteiger partial charge in [0.25, 0.3) is 0 Å². The monoisotopic (exact) mass is 200 g/mol. The van der Waals surface area contributed by atoms with E-state index in [-0.39, 0.29) is 5.16 Å². The Morgan fingerprint density at radius 2 is 2.00 bits per heavy atom. The van der Waals surface area contributed by atoms with Gasteiger partial charge in [-0.1, -0.05) is 6.92 Å². The van der Waals surface area contributed by atoms with Crippen LogP contribution in [0.4, 0.5) is 0 Å². The minimum atomic E-state index is -3.28. The molecule has 0 fully saturated rings. The smallest absolute Gasteiger partial charge is 0.224 e. The highest BCUT2D eigenvalue weighted by atomic mass is 32.2. The molecule has 1 heterocycles. The topological polar surface area (TPSA) is 59.9 Å². The molecule has 0 saturated heterocycles. The summed E-state index contributed by atoms with van der Waals surface area (Å²) in [4.78, 5) is 7.78. The molecule has 0 N–H and O–H groups in total. The average Bonchev–Trinajstić information content (AvgIpc) is 2.01. The van der Waals surface area contributed by atoms with Crippen LogP contribution in [0.15, 0.2) is 11.2 Å². The molecule has 0 saturated carbocycles. The van der Waals surface area contributed by atoms with E-state index < -0.39 is 9.84 Å². The molecule has 0 radical (unpaired) electrons. The van der Waals surface area contributed by atoms with E-state index in [9.17, 15) is 8.42 Å². The first kappa shape index (κ1) is 10.1. The number of rotatable bonds is 2. The Labute approximate surface area is 78.0 Å². The van der Waals surface area contributed by atoms with Crippen molar-refractivity contribution >= 4 is 9.84 Å². The van der Waals surface area contributed by atoms with Crippen molar-refractivity contribution < 1.29 is 8.42 Å². The van der Waals surface area contributed by atoms with Crippen LogP contribution in [0.2, 0.25) is 0 Å². The SMILES string of the molecule is CCc1cc(C)nc(S(C)(=O)=O)n1. The third-order valence-electron chi connectivity index (χ3n) is 1.58. The molecule has 0 spiro atoms. The molecule has 72 valence electrons. The standard InChI is InChI=1S/C8H12N2O2S/c1-4-7-5-6(2)9-8(10-7)13(3,11)12/h5H,4H2,1-3H3. The van der Waals surface area contributed by atoms with Gasteiger partial charge in [0.05, 0.1) is 0 Å². The van der Waals surface area contributed by atoms with Crippen molar-refractivity contribution in [2.45, 2.75) is 25.4 Å². The van der Waals surface area contributed by atoms with Crippen molar-refractivity contribution in [1.29, 1.82) is 0 Å². The molecule has 0 aromatic carbocycles. The lowest BCUT2D eigenvalue weighted by Crippen LogP contribution is -2.07. The van der Waals surface area contributed by atoms with Crippen LogP contribution < -0.4 is 0 Å². The minimum Gasteiger partial charge on any atom is -0.224 e. The van der Waals surface area contributed by atoms with E-state index in [0.29, 0.717) is 12.1 Å². The van der Waals surface area contributed by atoms with Gasteiger partial charge >= 0.3 is 0 Å². The maximum atomic E-state index is 11.1. The molecule has 0 amide bonds. The van der Waals surface area contributed by atoms with Gasteiger partial charge in [0, 0.05) is 17.6 Å². The van der Waals surface area contributed by atoms with Gasteiger partial charge in [-0.3, -0.25) is 0 Å². The van der Waals surface area contributed by atoms with Gasteiger partial charge < -0.3 is 0 Å². The van der Waals surface area contributed by atoms with Gasteiger partial charge in [0.15, 0.2) is 0 Å². The Kier molecular flexibility index (Phi) is 2.66. The largest absolute Gasteiger partial charge is 0.247 e. The summed E-state index contributed by atoms with van der Waals surface area (Å²) in [6.07, 6.45) is 1.83. The Morgan fingerprint density at radius 3 is 2.46 bits per heavy atom. The molecule has 1 rings (SSSR count). The van der Waals surface area contributed by atoms with Crippen LogP contribution in [0, 0.1) is 6.92 Å². The summed E-state index contributed by atoms with van der Waals surface area (Å²) in [5.74, 6) is 0. The quantitative estimate of drug-likeness (QED) is 0.661. The molecule has 0 bridgehead atoms. The number of aryl methyl sites for hydroxylation is 2. The van der Waals surface area contributed by atoms with E-state index in [1.54, 1.807) is 13.0 Å². The Bertz CT molecular complexity index is 412. The predicted molar refractivity (Wildman–Crippen MR) is 49.3 cm³/mol. The summed E-state index contributed by atoms with van der Waals surface area (Å²) in [7, 11) is -3.28. The van der Waals surface area contributed by atoms with E-state index in [1.165, 1.54) is 0 Å². The van der Waals surface area contributed by atoms with E-state index >= 15 is 0 Å². The second-order valence-electron chi connectivity index (χ2n) is 2.91. The fraction of sp³-hybridized carbons (Fsp3) is 0.500. The van der Waals surface area contributed by atoms with E-state index in [2.05, 4.69) is 9.97 Å². The fourth-order valence-corrected chi connectivity index (χ4v) is 1.54. The zero-order valence-electron chi connectivity index (χ0n) is 7.90. The number of nitrogens with zero attached hydrogens (tertiary/aromatic N) is 2. The average molecular weight is 200 g/mol. The molecule has 0 aliphatic rings. The van der Waals surface area contributed by atoms with E-state index in [4.69, 9.17) is 0 Å². The maximum absolute atomic E-state index is 11.1. The lowest BCUT2D eigenvalue weighted by molar-refractivity contribution is 0.591. The number of hydrogen-bond donors (Lipinski definition) is 0. The van der Waals surface area contributed by atoms with Gasteiger partial charge in [-0.15, -0.1) is 0 Å². The van der Waals surface area contributed by atoms with Crippen molar-refractivity contribution in [3.63, 3.8) is 0 Å². The van der Waals surface area contributed by atoms with Crippen molar-refractivity contribution in [3.8, 4) is 0 Å². The first-order valence-corrected chi connectivity index (χ1v) is 5.87. The normalized spacial score (nSPS) is 11.6. The third-order valence-corrected chi connectivity index (χ3v) is 2.43. The van der Waals surface area contributed by atoms with Gasteiger partial charge in [-0.2, -0.15) is 0 Å². The molecule has 0 aliphatic heterocycles. The van der Waals surface area contributed by atoms with Crippen molar-refractivity contribution in [2.75, 3.05) is 6.26 Å². The van der Waals surface area contributed by atoms with Crippen LogP contribution in [0.25, 0.3) is 0 Å². The van der Waals surface area contributed by atoms with Gasteiger partial charge in [0.1, 0.15) is 0 Å². The molecule has 0 atom stereocenters. The zero-order valence-corrected chi connectivity index (χ0v) is 8.72. The third kappa shape index (κ3) is 2.48. The summed E-state index contributed by atoms with van der Waals surface area (Å²) >= 11 is 0. The first-order chi connectivity index (χ1) is 5.93. The van der Waals surface area contributed by atoms with Crippen LogP contribution >= 0.6 is 0 Å². The minimum absolute atomic E-state index is 0.0793. The molecule has 0 unspecified atom stereocenters. The van der Waals surface area contributed by atoms with Crippen molar-refractivity contribution in [2.24, 2.45) is 0 Å². The Balaban J connectivity index is 3.33. The second-order valence-corrected chi connectivity index (χ2v) is 4.82. The highest BCUT2D eigenvalue weighted by Gasteiger charge is 2.11. The molecule has 1 aromatic rings. The summed E-state index contributed by atoms with van der Waals surface area (Å²) in [6.45, 7) is 3.68. The van der Waals surface area contributed by atoms with Crippen LogP contribution in [0.3, 0.4) is 0 Å². The highest BCUT2D eigenvalue weighted by molar-refractivity contribution is 7.90.